The number of nitro benzene ring substituents is 1. The van der Waals surface area contributed by atoms with Crippen molar-refractivity contribution in [3.05, 3.63) is 28.3 Å². The van der Waals surface area contributed by atoms with Gasteiger partial charge in [0, 0.05) is 24.7 Å². The van der Waals surface area contributed by atoms with Crippen LogP contribution in [0.1, 0.15) is 26.2 Å². The van der Waals surface area contributed by atoms with E-state index in [1.54, 1.807) is 6.07 Å². The summed E-state index contributed by atoms with van der Waals surface area (Å²) in [6.45, 7) is 2.83. The maximum absolute atomic E-state index is 10.8. The van der Waals surface area contributed by atoms with Crippen molar-refractivity contribution in [1.29, 1.82) is 0 Å². The maximum Gasteiger partial charge on any atom is 0.298 e. The molecule has 0 amide bonds. The van der Waals surface area contributed by atoms with Gasteiger partial charge in [0.15, 0.2) is 5.58 Å². The molecule has 2 aromatic rings. The number of hydrogen-bond acceptors (Lipinski definition) is 6. The van der Waals surface area contributed by atoms with E-state index in [9.17, 15) is 10.1 Å². The predicted molar refractivity (Wildman–Crippen MR) is 79.3 cm³/mol. The van der Waals surface area contributed by atoms with Gasteiger partial charge in [-0.3, -0.25) is 10.1 Å². The first-order valence-corrected chi connectivity index (χ1v) is 7.13. The van der Waals surface area contributed by atoms with E-state index in [2.05, 4.69) is 9.88 Å². The standard InChI is InChI=1S/C14H18N4O3/c1-9(15)12-4-2-3-7-17(12)14-16-11-6-5-10(18(19)20)8-13(11)21-14/h5-6,8-9,12H,2-4,7,15H2,1H3. The molecule has 21 heavy (non-hydrogen) atoms. The highest BCUT2D eigenvalue weighted by Crippen LogP contribution is 2.30. The van der Waals surface area contributed by atoms with Gasteiger partial charge in [0.05, 0.1) is 11.0 Å². The number of nitrogens with zero attached hydrogens (tertiary/aromatic N) is 3. The van der Waals surface area contributed by atoms with Crippen LogP contribution < -0.4 is 10.6 Å². The number of rotatable bonds is 3. The van der Waals surface area contributed by atoms with Crippen LogP contribution in [0.5, 0.6) is 0 Å². The quantitative estimate of drug-likeness (QED) is 0.688. The van der Waals surface area contributed by atoms with E-state index in [1.165, 1.54) is 12.1 Å². The van der Waals surface area contributed by atoms with Crippen LogP contribution in [-0.4, -0.2) is 28.5 Å². The van der Waals surface area contributed by atoms with Crippen LogP contribution in [0.15, 0.2) is 22.6 Å². The highest BCUT2D eigenvalue weighted by molar-refractivity contribution is 5.77. The number of nitrogens with two attached hydrogens (primary N) is 1. The Bertz CT molecular complexity index is 667. The second-order valence-electron chi connectivity index (χ2n) is 5.52. The van der Waals surface area contributed by atoms with Crippen LogP contribution in [0.25, 0.3) is 11.1 Å². The van der Waals surface area contributed by atoms with E-state index in [4.69, 9.17) is 10.2 Å². The van der Waals surface area contributed by atoms with E-state index in [1.807, 2.05) is 6.92 Å². The summed E-state index contributed by atoms with van der Waals surface area (Å²) in [5.41, 5.74) is 7.13. The van der Waals surface area contributed by atoms with Crippen molar-refractivity contribution in [3.63, 3.8) is 0 Å². The van der Waals surface area contributed by atoms with Crippen LogP contribution in [0, 0.1) is 10.1 Å². The zero-order valence-electron chi connectivity index (χ0n) is 11.9. The third-order valence-electron chi connectivity index (χ3n) is 3.97. The van der Waals surface area contributed by atoms with Crippen molar-refractivity contribution in [1.82, 2.24) is 4.98 Å². The van der Waals surface area contributed by atoms with Crippen molar-refractivity contribution in [2.45, 2.75) is 38.3 Å². The average molecular weight is 290 g/mol. The van der Waals surface area contributed by atoms with E-state index in [-0.39, 0.29) is 17.8 Å². The molecule has 1 saturated heterocycles. The number of hydrogen-bond donors (Lipinski definition) is 1. The number of piperidine rings is 1. The summed E-state index contributed by atoms with van der Waals surface area (Å²) in [5.74, 6) is 0. The minimum Gasteiger partial charge on any atom is -0.423 e. The largest absolute Gasteiger partial charge is 0.423 e. The van der Waals surface area contributed by atoms with Crippen molar-refractivity contribution in [2.75, 3.05) is 11.4 Å². The molecule has 0 radical (unpaired) electrons. The molecule has 1 aromatic heterocycles. The van der Waals surface area contributed by atoms with Gasteiger partial charge in [-0.1, -0.05) is 0 Å². The lowest BCUT2D eigenvalue weighted by Crippen LogP contribution is -2.49. The molecule has 7 nitrogen and oxygen atoms in total. The van der Waals surface area contributed by atoms with Gasteiger partial charge < -0.3 is 15.1 Å². The van der Waals surface area contributed by atoms with E-state index in [0.717, 1.165) is 25.8 Å². The molecular formula is C14H18N4O3. The van der Waals surface area contributed by atoms with Crippen molar-refractivity contribution >= 4 is 22.8 Å². The molecule has 2 N–H and O–H groups in total. The maximum atomic E-state index is 10.8. The summed E-state index contributed by atoms with van der Waals surface area (Å²) < 4.78 is 5.73. The number of oxazole rings is 1. The highest BCUT2D eigenvalue weighted by Gasteiger charge is 2.29. The third kappa shape index (κ3) is 2.56. The lowest BCUT2D eigenvalue weighted by Gasteiger charge is -2.36. The van der Waals surface area contributed by atoms with Gasteiger partial charge in [-0.15, -0.1) is 0 Å². The third-order valence-corrected chi connectivity index (χ3v) is 3.97. The zero-order valence-corrected chi connectivity index (χ0v) is 11.9. The minimum absolute atomic E-state index is 0.00703. The molecule has 0 spiro atoms. The molecule has 2 heterocycles. The Labute approximate surface area is 121 Å². The zero-order chi connectivity index (χ0) is 15.0. The normalized spacial score (nSPS) is 20.7. The molecular weight excluding hydrogens is 272 g/mol. The fourth-order valence-electron chi connectivity index (χ4n) is 2.88. The second-order valence-corrected chi connectivity index (χ2v) is 5.52. The van der Waals surface area contributed by atoms with Crippen molar-refractivity contribution < 1.29 is 9.34 Å². The Morgan fingerprint density at radius 3 is 3.05 bits per heavy atom. The van der Waals surface area contributed by atoms with Crippen LogP contribution in [0.2, 0.25) is 0 Å². The minimum atomic E-state index is -0.437. The van der Waals surface area contributed by atoms with Gasteiger partial charge in [-0.25, -0.2) is 0 Å². The molecule has 112 valence electrons. The lowest BCUT2D eigenvalue weighted by atomic mass is 9.97. The second kappa shape index (κ2) is 5.33. The molecule has 3 rings (SSSR count). The van der Waals surface area contributed by atoms with Crippen molar-refractivity contribution in [2.24, 2.45) is 5.73 Å². The molecule has 0 bridgehead atoms. The van der Waals surface area contributed by atoms with Crippen LogP contribution in [0.3, 0.4) is 0 Å². The van der Waals surface area contributed by atoms with Gasteiger partial charge >= 0.3 is 0 Å². The van der Waals surface area contributed by atoms with Crippen molar-refractivity contribution in [3.8, 4) is 0 Å². The Hall–Kier alpha value is -2.15. The number of aromatic nitrogens is 1. The molecule has 1 fully saturated rings. The van der Waals surface area contributed by atoms with E-state index >= 15 is 0 Å². The molecule has 0 saturated carbocycles. The van der Waals surface area contributed by atoms with Gasteiger partial charge in [-0.2, -0.15) is 4.98 Å². The Morgan fingerprint density at radius 1 is 1.52 bits per heavy atom. The highest BCUT2D eigenvalue weighted by atomic mass is 16.6. The molecule has 1 aliphatic rings. The molecule has 1 aliphatic heterocycles. The Morgan fingerprint density at radius 2 is 2.33 bits per heavy atom. The van der Waals surface area contributed by atoms with E-state index < -0.39 is 4.92 Å². The number of anilines is 1. The first-order chi connectivity index (χ1) is 10.1. The molecule has 7 heteroatoms. The van der Waals surface area contributed by atoms with Gasteiger partial charge in [0.25, 0.3) is 11.7 Å². The molecule has 0 aliphatic carbocycles. The number of nitro groups is 1. The molecule has 2 unspecified atom stereocenters. The van der Waals surface area contributed by atoms with Crippen LogP contribution >= 0.6 is 0 Å². The monoisotopic (exact) mass is 290 g/mol. The summed E-state index contributed by atoms with van der Waals surface area (Å²) in [6.07, 6.45) is 3.23. The summed E-state index contributed by atoms with van der Waals surface area (Å²) in [7, 11) is 0. The summed E-state index contributed by atoms with van der Waals surface area (Å²) in [6, 6.07) is 5.19. The lowest BCUT2D eigenvalue weighted by molar-refractivity contribution is -0.384. The topological polar surface area (TPSA) is 98.4 Å². The summed E-state index contributed by atoms with van der Waals surface area (Å²) in [4.78, 5) is 16.9. The first kappa shape index (κ1) is 13.8. The fourth-order valence-corrected chi connectivity index (χ4v) is 2.88. The first-order valence-electron chi connectivity index (χ1n) is 7.13. The fraction of sp³-hybridized carbons (Fsp3) is 0.500. The van der Waals surface area contributed by atoms with Crippen LogP contribution in [-0.2, 0) is 0 Å². The molecule has 1 aromatic carbocycles. The Kier molecular flexibility index (Phi) is 3.50. The summed E-state index contributed by atoms with van der Waals surface area (Å²) in [5, 5.41) is 10.8. The van der Waals surface area contributed by atoms with Gasteiger partial charge in [-0.05, 0) is 32.3 Å². The number of non-ortho nitro benzene ring substituents is 1. The van der Waals surface area contributed by atoms with Gasteiger partial charge in [0.1, 0.15) is 5.52 Å². The predicted octanol–water partition coefficient (Wildman–Crippen LogP) is 2.44. The van der Waals surface area contributed by atoms with E-state index in [0.29, 0.717) is 17.1 Å². The molecule has 2 atom stereocenters. The van der Waals surface area contributed by atoms with Crippen LogP contribution in [0.4, 0.5) is 11.7 Å². The summed E-state index contributed by atoms with van der Waals surface area (Å²) >= 11 is 0. The SMILES string of the molecule is CC(N)C1CCCCN1c1nc2ccc([N+](=O)[O-])cc2o1. The van der Waals surface area contributed by atoms with Gasteiger partial charge in [0.2, 0.25) is 0 Å². The smallest absolute Gasteiger partial charge is 0.298 e. The Balaban J connectivity index is 1.97. The number of fused-ring (bicyclic) bond motifs is 1. The average Bonchev–Trinajstić information content (AvgIpc) is 2.89. The number of benzene rings is 1.